The van der Waals surface area contributed by atoms with Gasteiger partial charge < -0.3 is 5.48 Å². The van der Waals surface area contributed by atoms with Crippen LogP contribution in [-0.2, 0) is 48.7 Å². The first-order valence-electron chi connectivity index (χ1n) is 0. The summed E-state index contributed by atoms with van der Waals surface area (Å²) >= 11 is 0. The Morgan fingerprint density at radius 3 is 1.00 bits per heavy atom. The van der Waals surface area contributed by atoms with E-state index in [1.54, 1.807) is 0 Å². The summed E-state index contributed by atoms with van der Waals surface area (Å²) in [6.45, 7) is 0. The molecule has 4 heteroatoms. The number of hydrogen-bond acceptors (Lipinski definition) is 0. The Hall–Kier alpha value is 2.74. The Kier molecular flexibility index (Phi) is 127. The van der Waals surface area contributed by atoms with Crippen LogP contribution < -0.4 is 0 Å². The molecule has 0 amide bonds. The summed E-state index contributed by atoms with van der Waals surface area (Å²) in [7, 11) is 0. The third-order valence-corrected chi connectivity index (χ3v) is 0. The Morgan fingerprint density at radius 2 is 1.00 bits per heavy atom. The van der Waals surface area contributed by atoms with Crippen molar-refractivity contribution < 1.29 is 90.5 Å². The van der Waals surface area contributed by atoms with Gasteiger partial charge in [-0.2, -0.15) is 0 Å². The van der Waals surface area contributed by atoms with Gasteiger partial charge in [0, 0.05) is 0 Å². The predicted molar refractivity (Wildman–Crippen MR) is 0.686 cm³/mol. The second-order valence-electron chi connectivity index (χ2n) is 0. The zero-order valence-electron chi connectivity index (χ0n) is 1.79. The van der Waals surface area contributed by atoms with Gasteiger partial charge in [-0.05, 0) is 0 Å². The van der Waals surface area contributed by atoms with E-state index in [0.717, 1.165) is 0 Å². The number of hydrogen-bond donors (Lipinski definition) is 0. The summed E-state index contributed by atoms with van der Waals surface area (Å²) in [5, 5.41) is 0. The molecule has 0 aromatic rings. The molecular weight excluding hydrogens is 302 g/mol. The van der Waals surface area contributed by atoms with E-state index in [9.17, 15) is 0 Å². The largest absolute Gasteiger partial charge is 4.00 e. The van der Waals surface area contributed by atoms with Crippen LogP contribution >= 0.6 is 0 Å². The average Bonchev–Trinajstić information content (AvgIpc) is 0. The molecule has 4 heavy (non-hydrogen) atoms. The molecule has 0 saturated heterocycles. The molecule has 0 aliphatic rings. The molecule has 0 atom stereocenters. The zero-order valence-corrected chi connectivity index (χ0v) is 8.56. The second-order valence-corrected chi connectivity index (χ2v) is 0. The summed E-state index contributed by atoms with van der Waals surface area (Å²) in [6, 6.07) is 0. The molecule has 0 rings (SSSR count). The maximum atomic E-state index is 0. The van der Waals surface area contributed by atoms with E-state index >= 15 is 0 Å². The van der Waals surface area contributed by atoms with Crippen LogP contribution in [0.5, 0.6) is 0 Å². The van der Waals surface area contributed by atoms with Crippen LogP contribution in [0.4, 0.5) is 0 Å². The molecule has 1 nitrogen and oxygen atoms in total. The summed E-state index contributed by atoms with van der Waals surface area (Å²) in [4.78, 5) is 0. The topological polar surface area (TPSA) is 28.5 Å². The van der Waals surface area contributed by atoms with E-state index in [1.165, 1.54) is 0 Å². The number of rotatable bonds is 0. The molecule has 0 spiro atoms. The Labute approximate surface area is 88.6 Å². The normalized spacial score (nSPS) is 0. The first-order chi connectivity index (χ1) is 0. The standard InChI is InChI=1S/Ce.Mn.O.Zr/q+3;+2;-2;+4. The second kappa shape index (κ2) is 17.2. The van der Waals surface area contributed by atoms with Gasteiger partial charge in [0.1, 0.15) is 0 Å². The summed E-state index contributed by atoms with van der Waals surface area (Å²) in [5.41, 5.74) is 0. The van der Waals surface area contributed by atoms with Gasteiger partial charge in [-0.3, -0.25) is 0 Å². The molecule has 0 aromatic carbocycles. The SMILES string of the molecule is [Ce+3].[Mn+2].[O-2].[Zr+4]. The van der Waals surface area contributed by atoms with E-state index < -0.39 is 0 Å². The van der Waals surface area contributed by atoms with E-state index in [4.69, 9.17) is 0 Å². The fourth-order valence-electron chi connectivity index (χ4n) is 0. The Morgan fingerprint density at radius 1 is 1.00 bits per heavy atom. The van der Waals surface area contributed by atoms with Crippen molar-refractivity contribution in [3.8, 4) is 0 Å². The molecule has 0 heterocycles. The molecule has 2 radical (unpaired) electrons. The maximum absolute atomic E-state index is 0. The molecule has 0 bridgehead atoms. The molecule has 14 valence electrons. The van der Waals surface area contributed by atoms with Gasteiger partial charge in [0.25, 0.3) is 0 Å². The average molecular weight is 302 g/mol. The summed E-state index contributed by atoms with van der Waals surface area (Å²) in [5.74, 6) is 0. The van der Waals surface area contributed by atoms with Crippen LogP contribution in [0.2, 0.25) is 0 Å². The molecule has 0 aromatic heterocycles. The maximum Gasteiger partial charge on any atom is 4.00 e. The summed E-state index contributed by atoms with van der Waals surface area (Å²) < 4.78 is 0. The van der Waals surface area contributed by atoms with E-state index in [0.29, 0.717) is 0 Å². The molecule has 0 aliphatic carbocycles. The van der Waals surface area contributed by atoms with Crippen molar-refractivity contribution in [3.63, 3.8) is 0 Å². The van der Waals surface area contributed by atoms with Gasteiger partial charge >= 0.3 is 85.0 Å². The quantitative estimate of drug-likeness (QED) is 0.558. The molecule has 0 saturated carbocycles. The molecule has 0 unspecified atom stereocenters. The van der Waals surface area contributed by atoms with Crippen molar-refractivity contribution >= 4 is 0 Å². The first-order valence-corrected chi connectivity index (χ1v) is 0. The van der Waals surface area contributed by atoms with E-state index in [1.807, 2.05) is 0 Å². The molecule has 0 aliphatic heterocycles. The Bertz CT molecular complexity index is 8.00. The predicted octanol–water partition coefficient (Wildman–Crippen LogP) is -0.124. The fourth-order valence-corrected chi connectivity index (χ4v) is 0. The third kappa shape index (κ3) is 8.83. The third-order valence-electron chi connectivity index (χ3n) is 0. The molecule has 0 fully saturated rings. The van der Waals surface area contributed by atoms with Crippen molar-refractivity contribution in [1.29, 1.82) is 0 Å². The van der Waals surface area contributed by atoms with Gasteiger partial charge in [-0.15, -0.1) is 0 Å². The van der Waals surface area contributed by atoms with Crippen LogP contribution in [0.15, 0.2) is 0 Å². The van der Waals surface area contributed by atoms with Crippen molar-refractivity contribution in [2.45, 2.75) is 0 Å². The monoisotopic (exact) mass is 301 g/mol. The minimum absolute atomic E-state index is 0. The first kappa shape index (κ1) is 29.6. The van der Waals surface area contributed by atoms with Crippen LogP contribution in [-0.4, -0.2) is 0 Å². The van der Waals surface area contributed by atoms with Crippen LogP contribution in [0.25, 0.3) is 0 Å². The van der Waals surface area contributed by atoms with Crippen LogP contribution in [0, 0.1) is 41.7 Å². The molecule has 0 N–H and O–H groups in total. The van der Waals surface area contributed by atoms with Gasteiger partial charge in [-0.1, -0.05) is 0 Å². The fraction of sp³-hybridized carbons (Fsp3) is 0. The summed E-state index contributed by atoms with van der Waals surface area (Å²) in [6.07, 6.45) is 0. The zero-order chi connectivity index (χ0) is 0. The van der Waals surface area contributed by atoms with Crippen molar-refractivity contribution in [3.05, 3.63) is 0 Å². The minimum atomic E-state index is 0. The minimum Gasteiger partial charge on any atom is -2.00 e. The van der Waals surface area contributed by atoms with E-state index in [2.05, 4.69) is 0 Å². The molecular formula is CeMnOZr+7. The van der Waals surface area contributed by atoms with Gasteiger partial charge in [0.2, 0.25) is 0 Å². The van der Waals surface area contributed by atoms with Gasteiger partial charge in [0.05, 0.1) is 0 Å². The van der Waals surface area contributed by atoms with Gasteiger partial charge in [-0.25, -0.2) is 0 Å². The van der Waals surface area contributed by atoms with Gasteiger partial charge in [0.15, 0.2) is 0 Å². The van der Waals surface area contributed by atoms with Crippen molar-refractivity contribution in [1.82, 2.24) is 0 Å². The van der Waals surface area contributed by atoms with Crippen molar-refractivity contribution in [2.24, 2.45) is 0 Å². The Balaban J connectivity index is 0. The van der Waals surface area contributed by atoms with Crippen molar-refractivity contribution in [2.75, 3.05) is 0 Å². The van der Waals surface area contributed by atoms with Crippen LogP contribution in [0.3, 0.4) is 0 Å². The smallest absolute Gasteiger partial charge is 2.00 e. The van der Waals surface area contributed by atoms with E-state index in [-0.39, 0.29) is 90.5 Å². The van der Waals surface area contributed by atoms with Crippen LogP contribution in [0.1, 0.15) is 0 Å².